The Morgan fingerprint density at radius 3 is 1.71 bits per heavy atom. The average Bonchev–Trinajstić information content (AvgIpc) is 2.72. The van der Waals surface area contributed by atoms with Gasteiger partial charge in [0.2, 0.25) is 0 Å². The summed E-state index contributed by atoms with van der Waals surface area (Å²) in [6.45, 7) is 11.0. The van der Waals surface area contributed by atoms with E-state index in [9.17, 15) is 4.79 Å². The van der Waals surface area contributed by atoms with Crippen molar-refractivity contribution in [1.29, 1.82) is 0 Å². The molecule has 0 saturated carbocycles. The fourth-order valence-corrected chi connectivity index (χ4v) is 2.93. The lowest BCUT2D eigenvalue weighted by Crippen LogP contribution is -2.42. The number of aliphatic hydroxyl groups is 1. The average molecular weight is 406 g/mol. The van der Waals surface area contributed by atoms with Gasteiger partial charge in [0.15, 0.2) is 0 Å². The predicted molar refractivity (Wildman–Crippen MR) is 117 cm³/mol. The van der Waals surface area contributed by atoms with Crippen molar-refractivity contribution in [2.45, 2.75) is 32.6 Å². The van der Waals surface area contributed by atoms with Gasteiger partial charge in [0.25, 0.3) is 0 Å². The van der Waals surface area contributed by atoms with E-state index in [1.54, 1.807) is 18.1 Å². The SMILES string of the molecule is C=CCC(C(=O)ON(CC)CC)(c1ccccc1)c1ccccc1.CCO.Cl. The van der Waals surface area contributed by atoms with Gasteiger partial charge in [-0.25, -0.2) is 4.79 Å². The Kier molecular flexibility index (Phi) is 12.9. The maximum absolute atomic E-state index is 13.3. The third kappa shape index (κ3) is 6.48. The summed E-state index contributed by atoms with van der Waals surface area (Å²) in [6, 6.07) is 19.6. The predicted octanol–water partition coefficient (Wildman–Crippen LogP) is 4.77. The summed E-state index contributed by atoms with van der Waals surface area (Å²) >= 11 is 0. The van der Waals surface area contributed by atoms with Gasteiger partial charge >= 0.3 is 5.97 Å². The summed E-state index contributed by atoms with van der Waals surface area (Å²) in [5.74, 6) is -0.275. The second-order valence-corrected chi connectivity index (χ2v) is 5.94. The van der Waals surface area contributed by atoms with Crippen LogP contribution < -0.4 is 0 Å². The van der Waals surface area contributed by atoms with Crippen LogP contribution in [0.25, 0.3) is 0 Å². The third-order valence-electron chi connectivity index (χ3n) is 4.25. The number of hydrogen-bond acceptors (Lipinski definition) is 4. The topological polar surface area (TPSA) is 49.8 Å². The molecule has 2 aromatic rings. The van der Waals surface area contributed by atoms with Gasteiger partial charge in [0, 0.05) is 19.7 Å². The molecule has 0 radical (unpaired) electrons. The first-order valence-corrected chi connectivity index (χ1v) is 9.40. The molecule has 0 bridgehead atoms. The number of halogens is 1. The summed E-state index contributed by atoms with van der Waals surface area (Å²) < 4.78 is 0. The highest BCUT2D eigenvalue weighted by atomic mass is 35.5. The molecule has 0 aliphatic rings. The molecule has 0 aliphatic heterocycles. The zero-order valence-corrected chi connectivity index (χ0v) is 17.8. The number of carbonyl (C=O) groups excluding carboxylic acids is 1. The number of rotatable bonds is 8. The molecular formula is C23H32ClNO3. The minimum Gasteiger partial charge on any atom is -0.397 e. The fourth-order valence-electron chi connectivity index (χ4n) is 2.93. The molecule has 1 N–H and O–H groups in total. The van der Waals surface area contributed by atoms with Crippen LogP contribution in [0.2, 0.25) is 0 Å². The third-order valence-corrected chi connectivity index (χ3v) is 4.25. The molecule has 0 saturated heterocycles. The summed E-state index contributed by atoms with van der Waals surface area (Å²) in [5.41, 5.74) is 0.925. The van der Waals surface area contributed by atoms with Crippen LogP contribution in [0.4, 0.5) is 0 Å². The summed E-state index contributed by atoms with van der Waals surface area (Å²) in [5, 5.41) is 9.24. The highest BCUT2D eigenvalue weighted by Gasteiger charge is 2.43. The Balaban J connectivity index is 0.00000171. The molecule has 4 nitrogen and oxygen atoms in total. The fraction of sp³-hybridized carbons (Fsp3) is 0.348. The van der Waals surface area contributed by atoms with Gasteiger partial charge in [0.05, 0.1) is 0 Å². The van der Waals surface area contributed by atoms with E-state index >= 15 is 0 Å². The van der Waals surface area contributed by atoms with Gasteiger partial charge in [-0.15, -0.1) is 24.0 Å². The Bertz CT molecular complexity index is 633. The van der Waals surface area contributed by atoms with Crippen LogP contribution in [-0.4, -0.2) is 35.8 Å². The molecule has 0 heterocycles. The molecule has 0 spiro atoms. The van der Waals surface area contributed by atoms with E-state index in [0.717, 1.165) is 11.1 Å². The van der Waals surface area contributed by atoms with Gasteiger partial charge in [-0.2, -0.15) is 0 Å². The van der Waals surface area contributed by atoms with Crippen molar-refractivity contribution in [3.63, 3.8) is 0 Å². The van der Waals surface area contributed by atoms with Crippen LogP contribution in [0.3, 0.4) is 0 Å². The summed E-state index contributed by atoms with van der Waals surface area (Å²) in [4.78, 5) is 19.0. The van der Waals surface area contributed by atoms with Crippen molar-refractivity contribution in [2.75, 3.05) is 19.7 Å². The monoisotopic (exact) mass is 405 g/mol. The van der Waals surface area contributed by atoms with Crippen molar-refractivity contribution in [1.82, 2.24) is 5.06 Å². The Morgan fingerprint density at radius 2 is 1.39 bits per heavy atom. The Labute approximate surface area is 175 Å². The van der Waals surface area contributed by atoms with E-state index in [0.29, 0.717) is 19.5 Å². The van der Waals surface area contributed by atoms with Gasteiger partial charge in [-0.1, -0.05) is 66.7 Å². The van der Waals surface area contributed by atoms with Crippen LogP contribution in [0.1, 0.15) is 38.3 Å². The van der Waals surface area contributed by atoms with E-state index in [2.05, 4.69) is 6.58 Å². The molecule has 28 heavy (non-hydrogen) atoms. The van der Waals surface area contributed by atoms with E-state index in [1.807, 2.05) is 74.5 Å². The molecule has 2 aromatic carbocycles. The Morgan fingerprint density at radius 1 is 1.00 bits per heavy atom. The van der Waals surface area contributed by atoms with Crippen molar-refractivity contribution < 1.29 is 14.7 Å². The zero-order valence-electron chi connectivity index (χ0n) is 17.0. The highest BCUT2D eigenvalue weighted by Crippen LogP contribution is 2.37. The normalized spacial score (nSPS) is 10.3. The van der Waals surface area contributed by atoms with E-state index in [-0.39, 0.29) is 25.0 Å². The number of aliphatic hydroxyl groups excluding tert-OH is 1. The largest absolute Gasteiger partial charge is 0.397 e. The molecule has 5 heteroatoms. The van der Waals surface area contributed by atoms with E-state index < -0.39 is 5.41 Å². The standard InChI is InChI=1S/C21H25NO2.C2H6O.ClH/c1-4-17-21(18-13-9-7-10-14-18,19-15-11-8-12-16-19)20(23)24-22(5-2)6-3;1-2-3;/h4,7-16H,1,5-6,17H2,2-3H3;3H,2H2,1H3;1H. The molecular weight excluding hydrogens is 374 g/mol. The first kappa shape index (κ1) is 25.9. The van der Waals surface area contributed by atoms with Gasteiger partial charge in [-0.05, 0) is 38.3 Å². The lowest BCUT2D eigenvalue weighted by molar-refractivity contribution is -0.194. The first-order chi connectivity index (χ1) is 13.1. The maximum Gasteiger partial charge on any atom is 0.340 e. The van der Waals surface area contributed by atoms with Gasteiger partial charge in [-0.3, -0.25) is 0 Å². The van der Waals surface area contributed by atoms with Crippen LogP contribution in [-0.2, 0) is 15.0 Å². The summed E-state index contributed by atoms with van der Waals surface area (Å²) in [6.07, 6.45) is 2.25. The second-order valence-electron chi connectivity index (χ2n) is 5.94. The zero-order chi connectivity index (χ0) is 20.1. The first-order valence-electron chi connectivity index (χ1n) is 9.40. The lowest BCUT2D eigenvalue weighted by atomic mass is 9.72. The molecule has 0 aromatic heterocycles. The van der Waals surface area contributed by atoms with Gasteiger partial charge in [0.1, 0.15) is 5.41 Å². The number of nitrogens with zero attached hydrogens (tertiary/aromatic N) is 1. The molecule has 0 fully saturated rings. The number of carbonyl (C=O) groups is 1. The van der Waals surface area contributed by atoms with E-state index in [1.165, 1.54) is 0 Å². The van der Waals surface area contributed by atoms with Crippen molar-refractivity contribution in [3.05, 3.63) is 84.4 Å². The minimum absolute atomic E-state index is 0. The number of allylic oxidation sites excluding steroid dienone is 1. The minimum atomic E-state index is -0.896. The van der Waals surface area contributed by atoms with E-state index in [4.69, 9.17) is 9.94 Å². The maximum atomic E-state index is 13.3. The number of hydrogen-bond donors (Lipinski definition) is 1. The molecule has 154 valence electrons. The Hall–Kier alpha value is -2.14. The smallest absolute Gasteiger partial charge is 0.340 e. The highest BCUT2D eigenvalue weighted by molar-refractivity contribution is 5.87. The van der Waals surface area contributed by atoms with Crippen LogP contribution in [0, 0.1) is 0 Å². The van der Waals surface area contributed by atoms with Crippen molar-refractivity contribution in [3.8, 4) is 0 Å². The lowest BCUT2D eigenvalue weighted by Gasteiger charge is -2.33. The second kappa shape index (κ2) is 13.9. The molecule has 0 unspecified atom stereocenters. The van der Waals surface area contributed by atoms with Gasteiger partial charge < -0.3 is 9.94 Å². The van der Waals surface area contributed by atoms with Crippen LogP contribution in [0.5, 0.6) is 0 Å². The molecule has 0 aliphatic carbocycles. The summed E-state index contributed by atoms with van der Waals surface area (Å²) in [7, 11) is 0. The number of benzene rings is 2. The number of hydroxylamine groups is 2. The molecule has 2 rings (SSSR count). The quantitative estimate of drug-likeness (QED) is 0.507. The van der Waals surface area contributed by atoms with Crippen molar-refractivity contribution >= 4 is 18.4 Å². The van der Waals surface area contributed by atoms with Crippen molar-refractivity contribution in [2.24, 2.45) is 0 Å². The molecule has 0 amide bonds. The molecule has 0 atom stereocenters. The van der Waals surface area contributed by atoms with Crippen LogP contribution in [0.15, 0.2) is 73.3 Å². The van der Waals surface area contributed by atoms with Crippen LogP contribution >= 0.6 is 12.4 Å².